The maximum atomic E-state index is 13.8. The van der Waals surface area contributed by atoms with Crippen LogP contribution in [0.25, 0.3) is 0 Å². The highest BCUT2D eigenvalue weighted by Gasteiger charge is 2.22. The van der Waals surface area contributed by atoms with Crippen LogP contribution in [-0.2, 0) is 4.74 Å². The lowest BCUT2D eigenvalue weighted by Crippen LogP contribution is -2.38. The first-order valence-electron chi connectivity index (χ1n) is 7.45. The fourth-order valence-corrected chi connectivity index (χ4v) is 2.82. The van der Waals surface area contributed by atoms with E-state index >= 15 is 0 Å². The smallest absolute Gasteiger partial charge is 0.126 e. The first-order chi connectivity index (χ1) is 9.52. The van der Waals surface area contributed by atoms with Crippen LogP contribution in [0.4, 0.5) is 10.1 Å². The number of hydrogen-bond acceptors (Lipinski definition) is 3. The number of nitrogens with two attached hydrogens (primary N) is 1. The Bertz CT molecular complexity index is 454. The summed E-state index contributed by atoms with van der Waals surface area (Å²) in [6, 6.07) is 3.35. The van der Waals surface area contributed by atoms with Gasteiger partial charge in [-0.25, -0.2) is 4.39 Å². The van der Waals surface area contributed by atoms with Gasteiger partial charge in [0.2, 0.25) is 0 Å². The van der Waals surface area contributed by atoms with Crippen molar-refractivity contribution in [3.8, 4) is 0 Å². The van der Waals surface area contributed by atoms with E-state index in [0.29, 0.717) is 11.7 Å². The zero-order valence-electron chi connectivity index (χ0n) is 12.7. The molecule has 1 aromatic carbocycles. The summed E-state index contributed by atoms with van der Waals surface area (Å²) in [6.07, 6.45) is 2.39. The Morgan fingerprint density at radius 3 is 2.60 bits per heavy atom. The highest BCUT2D eigenvalue weighted by atomic mass is 19.1. The van der Waals surface area contributed by atoms with E-state index in [9.17, 15) is 4.39 Å². The van der Waals surface area contributed by atoms with Gasteiger partial charge in [-0.05, 0) is 56.9 Å². The van der Waals surface area contributed by atoms with Gasteiger partial charge in [0.05, 0.1) is 6.10 Å². The van der Waals surface area contributed by atoms with Crippen molar-refractivity contribution in [1.82, 2.24) is 0 Å². The van der Waals surface area contributed by atoms with Crippen LogP contribution in [0.1, 0.15) is 43.9 Å². The van der Waals surface area contributed by atoms with Crippen LogP contribution in [0.5, 0.6) is 0 Å². The van der Waals surface area contributed by atoms with Crippen molar-refractivity contribution in [2.75, 3.05) is 24.6 Å². The summed E-state index contributed by atoms with van der Waals surface area (Å²) in [5.74, 6) is -0.176. The average Bonchev–Trinajstić information content (AvgIpc) is 2.42. The average molecular weight is 280 g/mol. The second-order valence-corrected chi connectivity index (χ2v) is 5.59. The molecule has 1 aliphatic heterocycles. The van der Waals surface area contributed by atoms with Gasteiger partial charge in [0.15, 0.2) is 0 Å². The third-order valence-electron chi connectivity index (χ3n) is 3.98. The number of aryl methyl sites for hydroxylation is 1. The monoisotopic (exact) mass is 280 g/mol. The number of hydrogen-bond donors (Lipinski definition) is 1. The van der Waals surface area contributed by atoms with Gasteiger partial charge in [-0.15, -0.1) is 0 Å². The molecular weight excluding hydrogens is 255 g/mol. The van der Waals surface area contributed by atoms with Crippen LogP contribution in [-0.4, -0.2) is 25.8 Å². The highest BCUT2D eigenvalue weighted by molar-refractivity contribution is 5.57. The van der Waals surface area contributed by atoms with Crippen molar-refractivity contribution in [2.24, 2.45) is 5.73 Å². The molecule has 0 spiro atoms. The molecular formula is C16H25FN2O. The molecule has 0 amide bonds. The van der Waals surface area contributed by atoms with Gasteiger partial charge in [-0.3, -0.25) is 0 Å². The van der Waals surface area contributed by atoms with Gasteiger partial charge in [0.1, 0.15) is 5.82 Å². The summed E-state index contributed by atoms with van der Waals surface area (Å²) in [4.78, 5) is 2.31. The minimum Gasteiger partial charge on any atom is -0.378 e. The molecule has 1 fully saturated rings. The molecule has 2 N–H and O–H groups in total. The summed E-state index contributed by atoms with van der Waals surface area (Å²) in [6.45, 7) is 8.39. The van der Waals surface area contributed by atoms with E-state index in [-0.39, 0.29) is 11.9 Å². The van der Waals surface area contributed by atoms with E-state index in [1.807, 2.05) is 19.9 Å². The molecule has 0 saturated carbocycles. The van der Waals surface area contributed by atoms with Crippen molar-refractivity contribution >= 4 is 5.69 Å². The van der Waals surface area contributed by atoms with Crippen molar-refractivity contribution in [3.05, 3.63) is 29.1 Å². The predicted molar refractivity (Wildman–Crippen MR) is 80.6 cm³/mol. The second kappa shape index (κ2) is 6.55. The van der Waals surface area contributed by atoms with E-state index in [4.69, 9.17) is 10.5 Å². The standard InChI is InChI=1S/C16H25FN2O/c1-4-20-13-5-7-19(8-6-13)16-9-11(2)15(17)10-14(16)12(3)18/h9-10,12-13H,4-8,18H2,1-3H3. The minimum absolute atomic E-state index is 0.162. The van der Waals surface area contributed by atoms with Crippen LogP contribution in [0, 0.1) is 12.7 Å². The number of nitrogens with zero attached hydrogens (tertiary/aromatic N) is 1. The number of piperidine rings is 1. The lowest BCUT2D eigenvalue weighted by Gasteiger charge is -2.35. The predicted octanol–water partition coefficient (Wildman–Crippen LogP) is 3.16. The third-order valence-corrected chi connectivity index (χ3v) is 3.98. The summed E-state index contributed by atoms with van der Waals surface area (Å²) in [5, 5.41) is 0. The third kappa shape index (κ3) is 3.30. The first-order valence-corrected chi connectivity index (χ1v) is 7.45. The van der Waals surface area contributed by atoms with Crippen LogP contribution in [0.3, 0.4) is 0 Å². The molecule has 0 bridgehead atoms. The fraction of sp³-hybridized carbons (Fsp3) is 0.625. The van der Waals surface area contributed by atoms with Gasteiger partial charge >= 0.3 is 0 Å². The van der Waals surface area contributed by atoms with Crippen molar-refractivity contribution in [1.29, 1.82) is 0 Å². The largest absolute Gasteiger partial charge is 0.378 e. The van der Waals surface area contributed by atoms with Gasteiger partial charge in [-0.1, -0.05) is 0 Å². The van der Waals surface area contributed by atoms with E-state index in [0.717, 1.165) is 43.8 Å². The van der Waals surface area contributed by atoms with Crippen molar-refractivity contribution in [2.45, 2.75) is 45.8 Å². The number of halogens is 1. The quantitative estimate of drug-likeness (QED) is 0.920. The van der Waals surface area contributed by atoms with Crippen LogP contribution < -0.4 is 10.6 Å². The number of anilines is 1. The SMILES string of the molecule is CCOC1CCN(c2cc(C)c(F)cc2C(C)N)CC1. The van der Waals surface area contributed by atoms with Crippen LogP contribution >= 0.6 is 0 Å². The molecule has 20 heavy (non-hydrogen) atoms. The molecule has 1 saturated heterocycles. The van der Waals surface area contributed by atoms with Crippen LogP contribution in [0.15, 0.2) is 12.1 Å². The molecule has 0 aliphatic carbocycles. The first kappa shape index (κ1) is 15.3. The Balaban J connectivity index is 2.18. The van der Waals surface area contributed by atoms with Crippen molar-refractivity contribution in [3.63, 3.8) is 0 Å². The van der Waals surface area contributed by atoms with Gasteiger partial charge in [-0.2, -0.15) is 0 Å². The Kier molecular flexibility index (Phi) is 5.00. The lowest BCUT2D eigenvalue weighted by atomic mass is 10.00. The lowest BCUT2D eigenvalue weighted by molar-refractivity contribution is 0.0459. The molecule has 0 aromatic heterocycles. The fourth-order valence-electron chi connectivity index (χ4n) is 2.82. The topological polar surface area (TPSA) is 38.5 Å². The molecule has 1 unspecified atom stereocenters. The molecule has 1 aliphatic rings. The maximum Gasteiger partial charge on any atom is 0.126 e. The molecule has 3 nitrogen and oxygen atoms in total. The molecule has 1 heterocycles. The molecule has 112 valence electrons. The van der Waals surface area contributed by atoms with E-state index in [1.54, 1.807) is 13.0 Å². The molecule has 2 rings (SSSR count). The maximum absolute atomic E-state index is 13.8. The number of benzene rings is 1. The summed E-state index contributed by atoms with van der Waals surface area (Å²) < 4.78 is 19.4. The highest BCUT2D eigenvalue weighted by Crippen LogP contribution is 2.30. The Hall–Kier alpha value is -1.13. The zero-order chi connectivity index (χ0) is 14.7. The minimum atomic E-state index is -0.176. The number of ether oxygens (including phenoxy) is 1. The molecule has 4 heteroatoms. The Morgan fingerprint density at radius 2 is 2.05 bits per heavy atom. The van der Waals surface area contributed by atoms with E-state index in [2.05, 4.69) is 4.90 Å². The molecule has 0 radical (unpaired) electrons. The van der Waals surface area contributed by atoms with Crippen LogP contribution in [0.2, 0.25) is 0 Å². The Morgan fingerprint density at radius 1 is 1.40 bits per heavy atom. The van der Waals surface area contributed by atoms with Gasteiger partial charge in [0, 0.05) is 31.4 Å². The second-order valence-electron chi connectivity index (χ2n) is 5.59. The normalized spacial score (nSPS) is 18.4. The summed E-state index contributed by atoms with van der Waals surface area (Å²) in [5.41, 5.74) is 8.64. The Labute approximate surface area is 120 Å². The summed E-state index contributed by atoms with van der Waals surface area (Å²) >= 11 is 0. The molecule has 1 aromatic rings. The van der Waals surface area contributed by atoms with E-state index in [1.165, 1.54) is 0 Å². The summed E-state index contributed by atoms with van der Waals surface area (Å²) in [7, 11) is 0. The molecule has 1 atom stereocenters. The van der Waals surface area contributed by atoms with Crippen molar-refractivity contribution < 1.29 is 9.13 Å². The van der Waals surface area contributed by atoms with E-state index < -0.39 is 0 Å². The van der Waals surface area contributed by atoms with Gasteiger partial charge < -0.3 is 15.4 Å². The number of rotatable bonds is 4. The van der Waals surface area contributed by atoms with Gasteiger partial charge in [0.25, 0.3) is 0 Å². The zero-order valence-corrected chi connectivity index (χ0v) is 12.7.